The molecule has 1 aromatic heterocycles. The minimum absolute atomic E-state index is 0.0263. The highest BCUT2D eigenvalue weighted by Gasteiger charge is 1.93. The summed E-state index contributed by atoms with van der Waals surface area (Å²) in [7, 11) is 0. The molecule has 0 fully saturated rings. The quantitative estimate of drug-likeness (QED) is 0.603. The normalized spacial score (nSPS) is 15.9. The van der Waals surface area contributed by atoms with Crippen molar-refractivity contribution in [1.82, 2.24) is 4.98 Å². The molecular weight excluding hydrogens is 136 g/mol. The van der Waals surface area contributed by atoms with E-state index in [0.29, 0.717) is 0 Å². The Morgan fingerprint density at radius 1 is 1.89 bits per heavy atom. The van der Waals surface area contributed by atoms with E-state index in [1.165, 1.54) is 12.3 Å². The SMILES string of the molecule is [2H]C([2H])([2H])c1cnc(N)cc1Cl. The molecule has 0 amide bonds. The largest absolute Gasteiger partial charge is 0.384 e. The molecule has 48 valence electrons. The Labute approximate surface area is 62.9 Å². The van der Waals surface area contributed by atoms with Crippen LogP contribution in [0.5, 0.6) is 0 Å². The van der Waals surface area contributed by atoms with Crippen molar-refractivity contribution in [2.45, 2.75) is 6.85 Å². The first-order valence-electron chi connectivity index (χ1n) is 3.83. The van der Waals surface area contributed by atoms with Crippen LogP contribution in [0.15, 0.2) is 12.3 Å². The molecule has 2 nitrogen and oxygen atoms in total. The first-order chi connectivity index (χ1) is 5.41. The number of pyridine rings is 1. The predicted octanol–water partition coefficient (Wildman–Crippen LogP) is 1.63. The molecule has 1 aromatic rings. The Bertz CT molecular complexity index is 297. The maximum Gasteiger partial charge on any atom is 0.124 e. The Hall–Kier alpha value is -0.760. The average Bonchev–Trinajstić information content (AvgIpc) is 1.83. The van der Waals surface area contributed by atoms with Crippen molar-refractivity contribution in [2.24, 2.45) is 0 Å². The molecule has 0 saturated carbocycles. The van der Waals surface area contributed by atoms with Gasteiger partial charge >= 0.3 is 0 Å². The zero-order valence-electron chi connectivity index (χ0n) is 7.56. The van der Waals surface area contributed by atoms with Crippen molar-refractivity contribution in [3.05, 3.63) is 22.8 Å². The minimum Gasteiger partial charge on any atom is -0.384 e. The number of aromatic nitrogens is 1. The average molecular weight is 146 g/mol. The van der Waals surface area contributed by atoms with Gasteiger partial charge in [0.25, 0.3) is 0 Å². The Balaban J connectivity index is 3.19. The topological polar surface area (TPSA) is 38.9 Å². The molecule has 0 bridgehead atoms. The number of nitrogens with zero attached hydrogens (tertiary/aromatic N) is 1. The second-order valence-electron chi connectivity index (χ2n) is 1.59. The smallest absolute Gasteiger partial charge is 0.124 e. The van der Waals surface area contributed by atoms with Crippen molar-refractivity contribution in [2.75, 3.05) is 5.73 Å². The Kier molecular flexibility index (Phi) is 0.848. The number of rotatable bonds is 0. The fraction of sp³-hybridized carbons (Fsp3) is 0.167. The van der Waals surface area contributed by atoms with Crippen molar-refractivity contribution in [3.8, 4) is 0 Å². The highest BCUT2D eigenvalue weighted by Crippen LogP contribution is 2.14. The van der Waals surface area contributed by atoms with Crippen LogP contribution < -0.4 is 5.73 Å². The lowest BCUT2D eigenvalue weighted by molar-refractivity contribution is 1.28. The van der Waals surface area contributed by atoms with Gasteiger partial charge in [0.15, 0.2) is 0 Å². The number of hydrogen-bond acceptors (Lipinski definition) is 2. The van der Waals surface area contributed by atoms with Gasteiger partial charge in [-0.15, -0.1) is 0 Å². The number of anilines is 1. The monoisotopic (exact) mass is 145 g/mol. The van der Waals surface area contributed by atoms with Gasteiger partial charge in [0.2, 0.25) is 0 Å². The highest BCUT2D eigenvalue weighted by molar-refractivity contribution is 6.31. The van der Waals surface area contributed by atoms with Gasteiger partial charge in [0, 0.05) is 15.3 Å². The summed E-state index contributed by atoms with van der Waals surface area (Å²) in [4.78, 5) is 3.64. The van der Waals surface area contributed by atoms with E-state index >= 15 is 0 Å². The molecule has 9 heavy (non-hydrogen) atoms. The van der Waals surface area contributed by atoms with Crippen molar-refractivity contribution >= 4 is 17.4 Å². The number of nitrogens with two attached hydrogens (primary N) is 1. The third-order valence-corrected chi connectivity index (χ3v) is 1.19. The van der Waals surface area contributed by atoms with Gasteiger partial charge in [0.1, 0.15) is 5.82 Å². The summed E-state index contributed by atoms with van der Waals surface area (Å²) in [5, 5.41) is 0.127. The summed E-state index contributed by atoms with van der Waals surface area (Å²) in [5.41, 5.74) is 5.32. The number of nitrogen functional groups attached to an aromatic ring is 1. The number of aryl methyl sites for hydroxylation is 1. The fourth-order valence-corrected chi connectivity index (χ4v) is 0.606. The van der Waals surface area contributed by atoms with E-state index in [1.54, 1.807) is 0 Å². The van der Waals surface area contributed by atoms with Crippen LogP contribution in [0.1, 0.15) is 9.68 Å². The third-order valence-electron chi connectivity index (χ3n) is 0.875. The molecular formula is C6H7ClN2. The Morgan fingerprint density at radius 3 is 3.22 bits per heavy atom. The zero-order chi connectivity index (χ0) is 9.35. The van der Waals surface area contributed by atoms with Crippen LogP contribution in [-0.4, -0.2) is 4.98 Å². The molecule has 0 saturated heterocycles. The summed E-state index contributed by atoms with van der Waals surface area (Å²) in [6, 6.07) is 1.32. The van der Waals surface area contributed by atoms with Gasteiger partial charge in [-0.05, 0) is 18.5 Å². The summed E-state index contributed by atoms with van der Waals surface area (Å²) in [5.74, 6) is 0.216. The highest BCUT2D eigenvalue weighted by atomic mass is 35.5. The minimum atomic E-state index is -2.22. The van der Waals surface area contributed by atoms with Gasteiger partial charge in [-0.2, -0.15) is 0 Å². The molecule has 1 heterocycles. The number of hydrogen-bond donors (Lipinski definition) is 1. The first-order valence-corrected chi connectivity index (χ1v) is 2.70. The first kappa shape index (κ1) is 3.42. The second kappa shape index (κ2) is 2.23. The van der Waals surface area contributed by atoms with E-state index in [9.17, 15) is 0 Å². The molecule has 3 heteroatoms. The molecule has 0 atom stereocenters. The maximum atomic E-state index is 7.05. The van der Waals surface area contributed by atoms with E-state index < -0.39 is 6.85 Å². The summed E-state index contributed by atoms with van der Waals surface area (Å²) in [6.45, 7) is -2.22. The lowest BCUT2D eigenvalue weighted by Gasteiger charge is -1.95. The standard InChI is InChI=1S/C6H7ClN2/c1-4-3-9-6(8)2-5(4)7/h2-3H,1H3,(H2,8,9)/i1D3. The van der Waals surface area contributed by atoms with Gasteiger partial charge < -0.3 is 5.73 Å². The molecule has 0 radical (unpaired) electrons. The predicted molar refractivity (Wildman–Crippen MR) is 38.4 cm³/mol. The van der Waals surface area contributed by atoms with Gasteiger partial charge in [-0.1, -0.05) is 11.6 Å². The fourth-order valence-electron chi connectivity index (χ4n) is 0.446. The van der Waals surface area contributed by atoms with Gasteiger partial charge in [-0.3, -0.25) is 0 Å². The second-order valence-corrected chi connectivity index (χ2v) is 2.00. The summed E-state index contributed by atoms with van der Waals surface area (Å²) >= 11 is 5.63. The van der Waals surface area contributed by atoms with E-state index in [2.05, 4.69) is 4.98 Å². The lowest BCUT2D eigenvalue weighted by atomic mass is 10.3. The van der Waals surface area contributed by atoms with Crippen LogP contribution in [0.3, 0.4) is 0 Å². The number of halogens is 1. The molecule has 0 spiro atoms. The van der Waals surface area contributed by atoms with Crippen molar-refractivity contribution in [3.63, 3.8) is 0 Å². The van der Waals surface area contributed by atoms with Crippen LogP contribution in [-0.2, 0) is 0 Å². The molecule has 0 aliphatic heterocycles. The molecule has 1 rings (SSSR count). The molecule has 0 aromatic carbocycles. The molecule has 0 aliphatic carbocycles. The summed E-state index contributed by atoms with van der Waals surface area (Å²) in [6.07, 6.45) is 1.17. The van der Waals surface area contributed by atoms with E-state index in [-0.39, 0.29) is 16.4 Å². The van der Waals surface area contributed by atoms with Crippen molar-refractivity contribution in [1.29, 1.82) is 0 Å². The zero-order valence-corrected chi connectivity index (χ0v) is 5.31. The maximum absolute atomic E-state index is 7.05. The third kappa shape index (κ3) is 1.33. The summed E-state index contributed by atoms with van der Waals surface area (Å²) < 4.78 is 21.2. The van der Waals surface area contributed by atoms with Crippen LogP contribution in [0.2, 0.25) is 5.02 Å². The van der Waals surface area contributed by atoms with E-state index in [4.69, 9.17) is 21.4 Å². The van der Waals surface area contributed by atoms with Gasteiger partial charge in [-0.25, -0.2) is 4.98 Å². The van der Waals surface area contributed by atoms with Gasteiger partial charge in [0.05, 0.1) is 0 Å². The van der Waals surface area contributed by atoms with Crippen LogP contribution in [0, 0.1) is 6.85 Å². The van der Waals surface area contributed by atoms with E-state index in [1.807, 2.05) is 0 Å². The van der Waals surface area contributed by atoms with Crippen molar-refractivity contribution < 1.29 is 4.11 Å². The molecule has 0 aliphatic rings. The van der Waals surface area contributed by atoms with Crippen LogP contribution in [0.4, 0.5) is 5.82 Å². The van der Waals surface area contributed by atoms with Crippen LogP contribution >= 0.6 is 11.6 Å². The Morgan fingerprint density at radius 2 is 2.67 bits per heavy atom. The van der Waals surface area contributed by atoms with Crippen LogP contribution in [0.25, 0.3) is 0 Å². The molecule has 2 N–H and O–H groups in total. The molecule has 0 unspecified atom stereocenters. The lowest BCUT2D eigenvalue weighted by Crippen LogP contribution is -1.89. The van der Waals surface area contributed by atoms with E-state index in [0.717, 1.165) is 0 Å².